The quantitative estimate of drug-likeness (QED) is 0.697. The Labute approximate surface area is 115 Å². The molecule has 4 heteroatoms. The van der Waals surface area contributed by atoms with Gasteiger partial charge in [0.1, 0.15) is 0 Å². The molecule has 0 heterocycles. The summed E-state index contributed by atoms with van der Waals surface area (Å²) in [5.74, 6) is -0.00442. The molecule has 0 amide bonds. The third-order valence-electron chi connectivity index (χ3n) is 3.27. The summed E-state index contributed by atoms with van der Waals surface area (Å²) in [4.78, 5) is 2.40. The number of nitrogens with one attached hydrogen (secondary N) is 1. The van der Waals surface area contributed by atoms with Gasteiger partial charge in [0.05, 0.1) is 7.11 Å². The van der Waals surface area contributed by atoms with Crippen LogP contribution in [0, 0.1) is 5.82 Å². The maximum absolute atomic E-state index is 13.5. The van der Waals surface area contributed by atoms with Gasteiger partial charge < -0.3 is 15.0 Å². The Kier molecular flexibility index (Phi) is 7.45. The maximum Gasteiger partial charge on any atom is 0.165 e. The van der Waals surface area contributed by atoms with Crippen molar-refractivity contribution in [3.05, 3.63) is 29.6 Å². The van der Waals surface area contributed by atoms with Crippen molar-refractivity contribution < 1.29 is 9.13 Å². The van der Waals surface area contributed by atoms with Gasteiger partial charge in [-0.05, 0) is 50.3 Å². The van der Waals surface area contributed by atoms with Crippen LogP contribution in [0.4, 0.5) is 4.39 Å². The standard InChI is InChI=1S/C15H25FN2O/c1-4-18(5-2)10-6-9-17-12-13-7-8-15(19-3)14(16)11-13/h7-8,11,17H,4-6,9-10,12H2,1-3H3. The molecule has 19 heavy (non-hydrogen) atoms. The lowest BCUT2D eigenvalue weighted by Crippen LogP contribution is -2.27. The van der Waals surface area contributed by atoms with Gasteiger partial charge in [0.25, 0.3) is 0 Å². The molecule has 1 rings (SSSR count). The summed E-state index contributed by atoms with van der Waals surface area (Å²) in [6, 6.07) is 5.08. The lowest BCUT2D eigenvalue weighted by atomic mass is 10.2. The van der Waals surface area contributed by atoms with Crippen LogP contribution < -0.4 is 10.1 Å². The first-order valence-electron chi connectivity index (χ1n) is 6.96. The molecule has 1 aromatic carbocycles. The van der Waals surface area contributed by atoms with Crippen molar-refractivity contribution in [3.8, 4) is 5.75 Å². The van der Waals surface area contributed by atoms with Gasteiger partial charge in [-0.25, -0.2) is 4.39 Å². The van der Waals surface area contributed by atoms with E-state index in [0.29, 0.717) is 12.3 Å². The zero-order chi connectivity index (χ0) is 14.1. The van der Waals surface area contributed by atoms with Crippen LogP contribution in [0.15, 0.2) is 18.2 Å². The molecule has 0 aliphatic rings. The molecular weight excluding hydrogens is 243 g/mol. The Morgan fingerprint density at radius 3 is 2.58 bits per heavy atom. The average molecular weight is 268 g/mol. The predicted octanol–water partition coefficient (Wildman–Crippen LogP) is 2.66. The second-order valence-corrected chi connectivity index (χ2v) is 4.53. The number of hydrogen-bond donors (Lipinski definition) is 1. The first-order chi connectivity index (χ1) is 9.21. The molecule has 0 bridgehead atoms. The molecule has 0 saturated carbocycles. The highest BCUT2D eigenvalue weighted by Gasteiger charge is 2.03. The number of hydrogen-bond acceptors (Lipinski definition) is 3. The Morgan fingerprint density at radius 2 is 2.00 bits per heavy atom. The third-order valence-corrected chi connectivity index (χ3v) is 3.27. The summed E-state index contributed by atoms with van der Waals surface area (Å²) < 4.78 is 18.4. The highest BCUT2D eigenvalue weighted by atomic mass is 19.1. The molecule has 0 unspecified atom stereocenters. The molecule has 0 aliphatic heterocycles. The van der Waals surface area contributed by atoms with Crippen molar-refractivity contribution in [1.82, 2.24) is 10.2 Å². The normalized spacial score (nSPS) is 11.0. The minimum absolute atomic E-state index is 0.297. The summed E-state index contributed by atoms with van der Waals surface area (Å²) in [7, 11) is 1.48. The van der Waals surface area contributed by atoms with Crippen molar-refractivity contribution in [2.75, 3.05) is 33.3 Å². The van der Waals surface area contributed by atoms with Crippen molar-refractivity contribution >= 4 is 0 Å². The Bertz CT molecular complexity index is 367. The number of ether oxygens (including phenoxy) is 1. The lowest BCUT2D eigenvalue weighted by molar-refractivity contribution is 0.298. The molecule has 0 saturated heterocycles. The van der Waals surface area contributed by atoms with Gasteiger partial charge in [-0.2, -0.15) is 0 Å². The number of methoxy groups -OCH3 is 1. The SMILES string of the molecule is CCN(CC)CCCNCc1ccc(OC)c(F)c1. The topological polar surface area (TPSA) is 24.5 Å². The van der Waals surface area contributed by atoms with E-state index in [-0.39, 0.29) is 5.82 Å². The minimum atomic E-state index is -0.301. The third kappa shape index (κ3) is 5.57. The highest BCUT2D eigenvalue weighted by molar-refractivity contribution is 5.29. The fourth-order valence-electron chi connectivity index (χ4n) is 2.02. The number of halogens is 1. The van der Waals surface area contributed by atoms with Gasteiger partial charge in [0, 0.05) is 6.54 Å². The minimum Gasteiger partial charge on any atom is -0.494 e. The van der Waals surface area contributed by atoms with Crippen LogP contribution in [0.5, 0.6) is 5.75 Å². The van der Waals surface area contributed by atoms with E-state index in [9.17, 15) is 4.39 Å². The van der Waals surface area contributed by atoms with Crippen molar-refractivity contribution in [2.45, 2.75) is 26.8 Å². The van der Waals surface area contributed by atoms with Crippen LogP contribution >= 0.6 is 0 Å². The van der Waals surface area contributed by atoms with E-state index in [1.54, 1.807) is 6.07 Å². The number of rotatable bonds is 9. The van der Waals surface area contributed by atoms with Crippen LogP contribution in [0.3, 0.4) is 0 Å². The van der Waals surface area contributed by atoms with Crippen LogP contribution in [0.2, 0.25) is 0 Å². The Balaban J connectivity index is 2.24. The van der Waals surface area contributed by atoms with Crippen LogP contribution in [0.1, 0.15) is 25.8 Å². The summed E-state index contributed by atoms with van der Waals surface area (Å²) in [5, 5.41) is 3.34. The maximum atomic E-state index is 13.5. The molecule has 108 valence electrons. The summed E-state index contributed by atoms with van der Waals surface area (Å²) >= 11 is 0. The largest absolute Gasteiger partial charge is 0.494 e. The Hall–Kier alpha value is -1.13. The molecule has 0 radical (unpaired) electrons. The van der Waals surface area contributed by atoms with Gasteiger partial charge in [-0.1, -0.05) is 19.9 Å². The molecular formula is C15H25FN2O. The van der Waals surface area contributed by atoms with Gasteiger partial charge in [0.15, 0.2) is 11.6 Å². The van der Waals surface area contributed by atoms with E-state index >= 15 is 0 Å². The van der Waals surface area contributed by atoms with Crippen molar-refractivity contribution in [2.24, 2.45) is 0 Å². The number of nitrogens with zero attached hydrogens (tertiary/aromatic N) is 1. The van der Waals surface area contributed by atoms with Crippen molar-refractivity contribution in [1.29, 1.82) is 0 Å². The van der Waals surface area contributed by atoms with Gasteiger partial charge in [0.2, 0.25) is 0 Å². The predicted molar refractivity (Wildman–Crippen MR) is 77.1 cm³/mol. The smallest absolute Gasteiger partial charge is 0.165 e. The molecule has 1 aromatic rings. The van der Waals surface area contributed by atoms with Crippen molar-refractivity contribution in [3.63, 3.8) is 0 Å². The second-order valence-electron chi connectivity index (χ2n) is 4.53. The molecule has 0 atom stereocenters. The second kappa shape index (κ2) is 8.88. The fraction of sp³-hybridized carbons (Fsp3) is 0.600. The van der Waals surface area contributed by atoms with E-state index < -0.39 is 0 Å². The lowest BCUT2D eigenvalue weighted by Gasteiger charge is -2.17. The zero-order valence-corrected chi connectivity index (χ0v) is 12.2. The first kappa shape index (κ1) is 15.9. The fourth-order valence-corrected chi connectivity index (χ4v) is 2.02. The summed E-state index contributed by atoms with van der Waals surface area (Å²) in [5.41, 5.74) is 0.945. The first-order valence-corrected chi connectivity index (χ1v) is 6.96. The average Bonchev–Trinajstić information content (AvgIpc) is 2.43. The van der Waals surface area contributed by atoms with E-state index in [2.05, 4.69) is 24.1 Å². The molecule has 0 fully saturated rings. The Morgan fingerprint density at radius 1 is 1.26 bits per heavy atom. The zero-order valence-electron chi connectivity index (χ0n) is 12.2. The van der Waals surface area contributed by atoms with Crippen LogP contribution in [-0.2, 0) is 6.54 Å². The van der Waals surface area contributed by atoms with Crippen LogP contribution in [-0.4, -0.2) is 38.2 Å². The van der Waals surface area contributed by atoms with E-state index in [4.69, 9.17) is 4.74 Å². The van der Waals surface area contributed by atoms with E-state index in [0.717, 1.165) is 38.2 Å². The van der Waals surface area contributed by atoms with Gasteiger partial charge >= 0.3 is 0 Å². The highest BCUT2D eigenvalue weighted by Crippen LogP contribution is 2.17. The summed E-state index contributed by atoms with van der Waals surface area (Å²) in [6.45, 7) is 9.30. The molecule has 0 spiro atoms. The molecule has 3 nitrogen and oxygen atoms in total. The van der Waals surface area contributed by atoms with Gasteiger partial charge in [-0.3, -0.25) is 0 Å². The summed E-state index contributed by atoms with van der Waals surface area (Å²) in [6.07, 6.45) is 1.11. The molecule has 0 aliphatic carbocycles. The number of benzene rings is 1. The monoisotopic (exact) mass is 268 g/mol. The van der Waals surface area contributed by atoms with E-state index in [1.165, 1.54) is 13.2 Å². The molecule has 1 N–H and O–H groups in total. The van der Waals surface area contributed by atoms with Gasteiger partial charge in [-0.15, -0.1) is 0 Å². The van der Waals surface area contributed by atoms with Crippen LogP contribution in [0.25, 0.3) is 0 Å². The van der Waals surface area contributed by atoms with E-state index in [1.807, 2.05) is 6.07 Å². The molecule has 0 aromatic heterocycles.